The minimum absolute atomic E-state index is 0.0700. The number of amides is 2. The molecular formula is C18H15FN4O3. The number of carbonyl (C=O) groups is 2. The number of benzene rings is 2. The summed E-state index contributed by atoms with van der Waals surface area (Å²) in [7, 11) is 0. The Bertz CT molecular complexity index is 1030. The van der Waals surface area contributed by atoms with Gasteiger partial charge in [-0.1, -0.05) is 24.3 Å². The predicted molar refractivity (Wildman–Crippen MR) is 93.4 cm³/mol. The molecule has 2 aromatic carbocycles. The molecule has 0 aliphatic carbocycles. The average molecular weight is 354 g/mol. The van der Waals surface area contributed by atoms with Crippen LogP contribution in [-0.2, 0) is 0 Å². The highest BCUT2D eigenvalue weighted by atomic mass is 19.1. The second-order valence-corrected chi connectivity index (χ2v) is 5.42. The summed E-state index contributed by atoms with van der Waals surface area (Å²) in [6, 6.07) is 12.3. The van der Waals surface area contributed by atoms with Gasteiger partial charge in [0.05, 0.1) is 16.5 Å². The molecule has 132 valence electrons. The van der Waals surface area contributed by atoms with Gasteiger partial charge >= 0.3 is 0 Å². The lowest BCUT2D eigenvalue weighted by molar-refractivity contribution is 0.0920. The van der Waals surface area contributed by atoms with Gasteiger partial charge in [-0.15, -0.1) is 0 Å². The lowest BCUT2D eigenvalue weighted by atomic mass is 10.2. The van der Waals surface area contributed by atoms with Crippen LogP contribution in [0.4, 0.5) is 4.39 Å². The minimum atomic E-state index is -0.619. The lowest BCUT2D eigenvalue weighted by Gasteiger charge is -2.08. The summed E-state index contributed by atoms with van der Waals surface area (Å²) in [5.41, 5.74) is -0.0674. The molecule has 0 saturated carbocycles. The van der Waals surface area contributed by atoms with Crippen molar-refractivity contribution in [1.82, 2.24) is 20.6 Å². The first-order valence-electron chi connectivity index (χ1n) is 7.86. The van der Waals surface area contributed by atoms with Crippen molar-refractivity contribution in [2.75, 3.05) is 13.1 Å². The third-order valence-corrected chi connectivity index (χ3v) is 3.64. The van der Waals surface area contributed by atoms with E-state index in [1.165, 1.54) is 18.2 Å². The van der Waals surface area contributed by atoms with E-state index < -0.39 is 23.2 Å². The van der Waals surface area contributed by atoms with Gasteiger partial charge in [0.25, 0.3) is 17.4 Å². The number of hydrogen-bond donors (Lipinski definition) is 3. The molecule has 0 bridgehead atoms. The van der Waals surface area contributed by atoms with Crippen LogP contribution in [0, 0.1) is 5.82 Å². The highest BCUT2D eigenvalue weighted by Gasteiger charge is 2.12. The Morgan fingerprint density at radius 1 is 0.962 bits per heavy atom. The average Bonchev–Trinajstić information content (AvgIpc) is 2.65. The van der Waals surface area contributed by atoms with E-state index in [9.17, 15) is 18.8 Å². The third-order valence-electron chi connectivity index (χ3n) is 3.64. The molecule has 0 saturated heterocycles. The van der Waals surface area contributed by atoms with E-state index in [1.807, 2.05) is 0 Å². The zero-order chi connectivity index (χ0) is 18.5. The van der Waals surface area contributed by atoms with Crippen LogP contribution in [0.1, 0.15) is 21.0 Å². The van der Waals surface area contributed by atoms with Gasteiger partial charge in [0, 0.05) is 13.1 Å². The monoisotopic (exact) mass is 354 g/mol. The second kappa shape index (κ2) is 7.56. The van der Waals surface area contributed by atoms with Gasteiger partial charge in [0.15, 0.2) is 5.82 Å². The maximum atomic E-state index is 13.5. The van der Waals surface area contributed by atoms with Gasteiger partial charge < -0.3 is 15.6 Å². The summed E-state index contributed by atoms with van der Waals surface area (Å²) < 4.78 is 13.5. The molecule has 0 fully saturated rings. The van der Waals surface area contributed by atoms with Gasteiger partial charge in [-0.25, -0.2) is 9.37 Å². The van der Waals surface area contributed by atoms with Crippen LogP contribution in [0.2, 0.25) is 0 Å². The Morgan fingerprint density at radius 2 is 1.62 bits per heavy atom. The molecule has 7 nitrogen and oxygen atoms in total. The largest absolute Gasteiger partial charge is 0.350 e. The number of halogens is 1. The number of para-hydroxylation sites is 1. The maximum absolute atomic E-state index is 13.5. The highest BCUT2D eigenvalue weighted by molar-refractivity contribution is 5.94. The van der Waals surface area contributed by atoms with Crippen LogP contribution >= 0.6 is 0 Å². The molecule has 1 aromatic heterocycles. The fourth-order valence-corrected chi connectivity index (χ4v) is 2.37. The lowest BCUT2D eigenvalue weighted by Crippen LogP contribution is -2.36. The van der Waals surface area contributed by atoms with Crippen LogP contribution in [0.15, 0.2) is 53.3 Å². The molecule has 8 heteroatoms. The van der Waals surface area contributed by atoms with Gasteiger partial charge in [-0.3, -0.25) is 14.4 Å². The summed E-state index contributed by atoms with van der Waals surface area (Å²) in [6.07, 6.45) is 0. The van der Waals surface area contributed by atoms with Gasteiger partial charge in [-0.2, -0.15) is 0 Å². The standard InChI is InChI=1S/C18H15FN4O3/c19-13-7-3-1-5-11(13)16(24)20-9-10-21-18(26)15-22-14-8-4-2-6-12(14)17(25)23-15/h1-8H,9-10H2,(H,20,24)(H,21,26)(H,22,23,25). The molecule has 1 heterocycles. The quantitative estimate of drug-likeness (QED) is 0.599. The number of nitrogens with one attached hydrogen (secondary N) is 3. The van der Waals surface area contributed by atoms with E-state index in [4.69, 9.17) is 0 Å². The number of aromatic amines is 1. The molecule has 0 unspecified atom stereocenters. The first-order chi connectivity index (χ1) is 12.6. The maximum Gasteiger partial charge on any atom is 0.287 e. The third kappa shape index (κ3) is 3.75. The van der Waals surface area contributed by atoms with E-state index in [-0.39, 0.29) is 24.5 Å². The van der Waals surface area contributed by atoms with E-state index in [0.29, 0.717) is 10.9 Å². The normalized spacial score (nSPS) is 10.5. The topological polar surface area (TPSA) is 104 Å². The minimum Gasteiger partial charge on any atom is -0.350 e. The zero-order valence-electron chi connectivity index (χ0n) is 13.6. The molecule has 3 aromatic rings. The Hall–Kier alpha value is -3.55. The summed E-state index contributed by atoms with van der Waals surface area (Å²) in [5, 5.41) is 5.42. The van der Waals surface area contributed by atoms with Crippen LogP contribution in [0.5, 0.6) is 0 Å². The van der Waals surface area contributed by atoms with Gasteiger partial charge in [0.2, 0.25) is 0 Å². The molecule has 0 atom stereocenters. The number of H-pyrrole nitrogens is 1. The van der Waals surface area contributed by atoms with E-state index in [0.717, 1.165) is 0 Å². The highest BCUT2D eigenvalue weighted by Crippen LogP contribution is 2.06. The van der Waals surface area contributed by atoms with E-state index in [2.05, 4.69) is 20.6 Å². The van der Waals surface area contributed by atoms with Crippen LogP contribution in [-0.4, -0.2) is 34.9 Å². The molecular weight excluding hydrogens is 339 g/mol. The van der Waals surface area contributed by atoms with Crippen molar-refractivity contribution in [1.29, 1.82) is 0 Å². The number of hydrogen-bond acceptors (Lipinski definition) is 4. The van der Waals surface area contributed by atoms with Gasteiger partial charge in [-0.05, 0) is 24.3 Å². The number of nitrogens with zero attached hydrogens (tertiary/aromatic N) is 1. The van der Waals surface area contributed by atoms with Crippen molar-refractivity contribution < 1.29 is 14.0 Å². The Kier molecular flexibility index (Phi) is 5.02. The molecule has 0 radical (unpaired) electrons. The van der Waals surface area contributed by atoms with Gasteiger partial charge in [0.1, 0.15) is 5.82 Å². The van der Waals surface area contributed by atoms with Crippen molar-refractivity contribution >= 4 is 22.7 Å². The molecule has 3 N–H and O–H groups in total. The number of fused-ring (bicyclic) bond motifs is 1. The Labute approximate surface area is 147 Å². The smallest absolute Gasteiger partial charge is 0.287 e. The molecule has 0 aliphatic rings. The first kappa shape index (κ1) is 17.3. The molecule has 2 amide bonds. The summed E-state index contributed by atoms with van der Waals surface area (Å²) in [6.45, 7) is 0.187. The van der Waals surface area contributed by atoms with E-state index >= 15 is 0 Å². The van der Waals surface area contributed by atoms with Crippen LogP contribution in [0.3, 0.4) is 0 Å². The SMILES string of the molecule is O=C(NCCNC(=O)c1ccccc1F)c1nc2ccccc2c(=O)[nH]1. The second-order valence-electron chi connectivity index (χ2n) is 5.42. The fourth-order valence-electron chi connectivity index (χ4n) is 2.37. The summed E-state index contributed by atoms with van der Waals surface area (Å²) in [5.74, 6) is -1.89. The summed E-state index contributed by atoms with van der Waals surface area (Å²) >= 11 is 0. The molecule has 0 aliphatic heterocycles. The molecule has 3 rings (SSSR count). The van der Waals surface area contributed by atoms with E-state index in [1.54, 1.807) is 30.3 Å². The summed E-state index contributed by atoms with van der Waals surface area (Å²) in [4.78, 5) is 42.4. The van der Waals surface area contributed by atoms with Crippen molar-refractivity contribution in [2.24, 2.45) is 0 Å². The van der Waals surface area contributed by atoms with Crippen molar-refractivity contribution in [3.05, 3.63) is 76.1 Å². The fraction of sp³-hybridized carbons (Fsp3) is 0.111. The van der Waals surface area contributed by atoms with Crippen molar-refractivity contribution in [3.63, 3.8) is 0 Å². The molecule has 0 spiro atoms. The zero-order valence-corrected chi connectivity index (χ0v) is 13.6. The number of carbonyl (C=O) groups excluding carboxylic acids is 2. The molecule has 26 heavy (non-hydrogen) atoms. The number of rotatable bonds is 5. The van der Waals surface area contributed by atoms with Crippen LogP contribution < -0.4 is 16.2 Å². The Balaban J connectivity index is 1.57. The number of aromatic nitrogens is 2. The van der Waals surface area contributed by atoms with Crippen LogP contribution in [0.25, 0.3) is 10.9 Å². The predicted octanol–water partition coefficient (Wildman–Crippen LogP) is 1.22. The Morgan fingerprint density at radius 3 is 2.38 bits per heavy atom. The van der Waals surface area contributed by atoms with Crippen molar-refractivity contribution in [3.8, 4) is 0 Å². The first-order valence-corrected chi connectivity index (χ1v) is 7.86. The van der Waals surface area contributed by atoms with Crippen molar-refractivity contribution in [2.45, 2.75) is 0 Å².